The molecule has 1 heterocycles. The summed E-state index contributed by atoms with van der Waals surface area (Å²) in [6.07, 6.45) is 0.0460. The summed E-state index contributed by atoms with van der Waals surface area (Å²) in [4.78, 5) is 23.6. The topological polar surface area (TPSA) is 67.4 Å². The van der Waals surface area contributed by atoms with Gasteiger partial charge in [-0.2, -0.15) is 0 Å². The Morgan fingerprint density at radius 1 is 1.28 bits per heavy atom. The van der Waals surface area contributed by atoms with E-state index < -0.39 is 6.10 Å². The van der Waals surface area contributed by atoms with Crippen LogP contribution in [0.3, 0.4) is 0 Å². The van der Waals surface area contributed by atoms with Crippen LogP contribution in [0.4, 0.5) is 10.1 Å². The summed E-state index contributed by atoms with van der Waals surface area (Å²) in [5.41, 5.74) is 1.97. The van der Waals surface area contributed by atoms with E-state index in [-0.39, 0.29) is 24.1 Å². The van der Waals surface area contributed by atoms with Gasteiger partial charge in [0.2, 0.25) is 5.91 Å². The van der Waals surface area contributed by atoms with Crippen LogP contribution in [-0.4, -0.2) is 17.9 Å². The molecule has 0 radical (unpaired) electrons. The molecule has 0 spiro atoms. The number of carbonyl (C=O) groups is 2. The average Bonchev–Trinajstić information content (AvgIpc) is 2.60. The van der Waals surface area contributed by atoms with Crippen LogP contribution in [-0.2, 0) is 22.6 Å². The second-order valence-electron chi connectivity index (χ2n) is 5.95. The lowest BCUT2D eigenvalue weighted by molar-refractivity contribution is -0.123. The molecule has 6 heteroatoms. The third-order valence-electron chi connectivity index (χ3n) is 4.04. The normalized spacial score (nSPS) is 15.8. The summed E-state index contributed by atoms with van der Waals surface area (Å²) < 4.78 is 19.0. The van der Waals surface area contributed by atoms with E-state index in [0.717, 1.165) is 5.56 Å². The first-order chi connectivity index (χ1) is 12.0. The molecule has 2 amide bonds. The zero-order valence-electron chi connectivity index (χ0n) is 13.8. The highest BCUT2D eigenvalue weighted by Gasteiger charge is 2.23. The highest BCUT2D eigenvalue weighted by Crippen LogP contribution is 2.30. The van der Waals surface area contributed by atoms with E-state index in [2.05, 4.69) is 10.6 Å². The van der Waals surface area contributed by atoms with Crippen molar-refractivity contribution in [1.29, 1.82) is 0 Å². The van der Waals surface area contributed by atoms with Crippen molar-refractivity contribution in [3.05, 3.63) is 59.4 Å². The van der Waals surface area contributed by atoms with Gasteiger partial charge in [0.05, 0.1) is 5.69 Å². The molecule has 0 aromatic heterocycles. The fraction of sp³-hybridized carbons (Fsp3) is 0.263. The number of anilines is 1. The number of carbonyl (C=O) groups excluding carboxylic acids is 2. The molecule has 2 aromatic rings. The van der Waals surface area contributed by atoms with Crippen LogP contribution in [0, 0.1) is 5.82 Å². The van der Waals surface area contributed by atoms with Crippen molar-refractivity contribution in [3.63, 3.8) is 0 Å². The molecule has 0 bridgehead atoms. The van der Waals surface area contributed by atoms with Crippen molar-refractivity contribution in [2.75, 3.05) is 5.32 Å². The zero-order valence-corrected chi connectivity index (χ0v) is 13.8. The molecule has 0 fully saturated rings. The van der Waals surface area contributed by atoms with Crippen molar-refractivity contribution in [3.8, 4) is 5.75 Å². The SMILES string of the molecule is CC1Oc2ccc(CNC(=O)CCc3ccccc3F)cc2NC1=O. The Balaban J connectivity index is 1.53. The fourth-order valence-electron chi connectivity index (χ4n) is 2.60. The van der Waals surface area contributed by atoms with E-state index in [9.17, 15) is 14.0 Å². The number of benzene rings is 2. The molecule has 2 aromatic carbocycles. The Labute approximate surface area is 145 Å². The predicted molar refractivity (Wildman–Crippen MR) is 91.7 cm³/mol. The summed E-state index contributed by atoms with van der Waals surface area (Å²) >= 11 is 0. The molecule has 1 unspecified atom stereocenters. The van der Waals surface area contributed by atoms with Gasteiger partial charge < -0.3 is 15.4 Å². The average molecular weight is 342 g/mol. The number of hydrogen-bond acceptors (Lipinski definition) is 3. The molecule has 2 N–H and O–H groups in total. The van der Waals surface area contributed by atoms with Gasteiger partial charge in [0, 0.05) is 13.0 Å². The van der Waals surface area contributed by atoms with Gasteiger partial charge >= 0.3 is 0 Å². The number of aryl methyl sites for hydroxylation is 1. The van der Waals surface area contributed by atoms with Gasteiger partial charge in [-0.1, -0.05) is 24.3 Å². The molecule has 130 valence electrons. The quantitative estimate of drug-likeness (QED) is 0.878. The Bertz CT molecular complexity index is 807. The predicted octanol–water partition coefficient (Wildman–Crippen LogP) is 2.79. The van der Waals surface area contributed by atoms with E-state index >= 15 is 0 Å². The van der Waals surface area contributed by atoms with Crippen LogP contribution >= 0.6 is 0 Å². The highest BCUT2D eigenvalue weighted by molar-refractivity contribution is 5.97. The van der Waals surface area contributed by atoms with Crippen LogP contribution in [0.5, 0.6) is 5.75 Å². The van der Waals surface area contributed by atoms with Gasteiger partial charge in [-0.15, -0.1) is 0 Å². The standard InChI is InChI=1S/C19H19FN2O3/c1-12-19(24)22-16-10-13(6-8-17(16)25-12)11-21-18(23)9-7-14-4-2-3-5-15(14)20/h2-6,8,10,12H,7,9,11H2,1H3,(H,21,23)(H,22,24). The summed E-state index contributed by atoms with van der Waals surface area (Å²) in [6.45, 7) is 2.01. The van der Waals surface area contributed by atoms with Crippen molar-refractivity contribution in [2.24, 2.45) is 0 Å². The van der Waals surface area contributed by atoms with Gasteiger partial charge in [0.1, 0.15) is 11.6 Å². The maximum atomic E-state index is 13.5. The van der Waals surface area contributed by atoms with Crippen LogP contribution in [0.1, 0.15) is 24.5 Å². The molecule has 0 saturated carbocycles. The minimum Gasteiger partial charge on any atom is -0.479 e. The number of amides is 2. The largest absolute Gasteiger partial charge is 0.479 e. The molecule has 3 rings (SSSR count). The maximum absolute atomic E-state index is 13.5. The van der Waals surface area contributed by atoms with Crippen molar-refractivity contribution in [2.45, 2.75) is 32.4 Å². The van der Waals surface area contributed by atoms with Crippen LogP contribution < -0.4 is 15.4 Å². The monoisotopic (exact) mass is 342 g/mol. The van der Waals surface area contributed by atoms with Gasteiger partial charge in [0.15, 0.2) is 6.10 Å². The Morgan fingerprint density at radius 3 is 2.88 bits per heavy atom. The van der Waals surface area contributed by atoms with Gasteiger partial charge in [-0.05, 0) is 42.7 Å². The third kappa shape index (κ3) is 4.15. The minimum atomic E-state index is -0.517. The van der Waals surface area contributed by atoms with Crippen LogP contribution in [0.25, 0.3) is 0 Å². The van der Waals surface area contributed by atoms with E-state index in [0.29, 0.717) is 30.0 Å². The molecular weight excluding hydrogens is 323 g/mol. The number of rotatable bonds is 5. The zero-order chi connectivity index (χ0) is 17.8. The van der Waals surface area contributed by atoms with E-state index in [1.807, 2.05) is 6.07 Å². The van der Waals surface area contributed by atoms with E-state index in [1.54, 1.807) is 37.3 Å². The molecule has 5 nitrogen and oxygen atoms in total. The summed E-state index contributed by atoms with van der Waals surface area (Å²) in [6, 6.07) is 11.8. The number of ether oxygens (including phenoxy) is 1. The molecule has 1 atom stereocenters. The molecular formula is C19H19FN2O3. The third-order valence-corrected chi connectivity index (χ3v) is 4.04. The van der Waals surface area contributed by atoms with Gasteiger partial charge in [0.25, 0.3) is 5.91 Å². The van der Waals surface area contributed by atoms with Crippen molar-refractivity contribution >= 4 is 17.5 Å². The molecule has 0 saturated heterocycles. The number of hydrogen-bond donors (Lipinski definition) is 2. The van der Waals surface area contributed by atoms with Crippen molar-refractivity contribution in [1.82, 2.24) is 5.32 Å². The minimum absolute atomic E-state index is 0.158. The lowest BCUT2D eigenvalue weighted by atomic mass is 10.1. The first-order valence-corrected chi connectivity index (χ1v) is 8.13. The fourth-order valence-corrected chi connectivity index (χ4v) is 2.60. The Hall–Kier alpha value is -2.89. The van der Waals surface area contributed by atoms with Crippen molar-refractivity contribution < 1.29 is 18.7 Å². The van der Waals surface area contributed by atoms with Gasteiger partial charge in [-0.25, -0.2) is 4.39 Å². The molecule has 1 aliphatic heterocycles. The summed E-state index contributed by atoms with van der Waals surface area (Å²) in [5, 5.41) is 5.57. The number of nitrogens with one attached hydrogen (secondary N) is 2. The first kappa shape index (κ1) is 17.0. The van der Waals surface area contributed by atoms with Crippen LogP contribution in [0.15, 0.2) is 42.5 Å². The van der Waals surface area contributed by atoms with Gasteiger partial charge in [-0.3, -0.25) is 9.59 Å². The second-order valence-corrected chi connectivity index (χ2v) is 5.95. The molecule has 1 aliphatic rings. The van der Waals surface area contributed by atoms with E-state index in [1.165, 1.54) is 6.07 Å². The maximum Gasteiger partial charge on any atom is 0.265 e. The summed E-state index contributed by atoms with van der Waals surface area (Å²) in [5.74, 6) is -0.0369. The number of fused-ring (bicyclic) bond motifs is 1. The number of halogens is 1. The highest BCUT2D eigenvalue weighted by atomic mass is 19.1. The molecule has 25 heavy (non-hydrogen) atoms. The molecule has 0 aliphatic carbocycles. The first-order valence-electron chi connectivity index (χ1n) is 8.13. The van der Waals surface area contributed by atoms with E-state index in [4.69, 9.17) is 4.74 Å². The lowest BCUT2D eigenvalue weighted by Gasteiger charge is -2.23. The second kappa shape index (κ2) is 7.34. The Kier molecular flexibility index (Phi) is 4.97. The van der Waals surface area contributed by atoms with Crippen LogP contribution in [0.2, 0.25) is 0 Å². The smallest absolute Gasteiger partial charge is 0.265 e. The Morgan fingerprint density at radius 2 is 2.08 bits per heavy atom. The summed E-state index contributed by atoms with van der Waals surface area (Å²) in [7, 11) is 0. The lowest BCUT2D eigenvalue weighted by Crippen LogP contribution is -2.34.